The van der Waals surface area contributed by atoms with Crippen molar-refractivity contribution in [3.05, 3.63) is 60.3 Å². The molecule has 0 spiro atoms. The molecule has 22 heavy (non-hydrogen) atoms. The number of fused-ring (bicyclic) bond motifs is 1. The van der Waals surface area contributed by atoms with Crippen LogP contribution in [0.3, 0.4) is 0 Å². The molecule has 4 nitrogen and oxygen atoms in total. The monoisotopic (exact) mass is 300 g/mol. The van der Waals surface area contributed by atoms with Crippen molar-refractivity contribution in [2.24, 2.45) is 0 Å². The molecule has 0 unspecified atom stereocenters. The van der Waals surface area contributed by atoms with E-state index in [1.165, 1.54) is 6.20 Å². The maximum Gasteiger partial charge on any atom is 0.410 e. The molecule has 0 fully saturated rings. The Labute approximate surface area is 124 Å². The Kier molecular flexibility index (Phi) is 3.42. The van der Waals surface area contributed by atoms with Gasteiger partial charge in [-0.15, -0.1) is 0 Å². The lowest BCUT2D eigenvalue weighted by Gasteiger charge is -2.07. The summed E-state index contributed by atoms with van der Waals surface area (Å²) in [7, 11) is 0. The molecule has 0 atom stereocenters. The zero-order valence-electron chi connectivity index (χ0n) is 11.2. The van der Waals surface area contributed by atoms with Gasteiger partial charge in [0.25, 0.3) is 0 Å². The van der Waals surface area contributed by atoms with Gasteiger partial charge in [0.2, 0.25) is 0 Å². The van der Waals surface area contributed by atoms with Crippen LogP contribution in [-0.4, -0.2) is 16.2 Å². The minimum Gasteiger partial charge on any atom is -0.465 e. The van der Waals surface area contributed by atoms with Crippen molar-refractivity contribution in [3.8, 4) is 11.1 Å². The number of anilines is 1. The lowest BCUT2D eigenvalue weighted by Crippen LogP contribution is -2.08. The predicted molar refractivity (Wildman–Crippen MR) is 78.7 cm³/mol. The third kappa shape index (κ3) is 2.71. The van der Waals surface area contributed by atoms with E-state index in [1.54, 1.807) is 24.3 Å². The number of benzene rings is 2. The van der Waals surface area contributed by atoms with Gasteiger partial charge >= 0.3 is 6.09 Å². The van der Waals surface area contributed by atoms with Crippen LogP contribution < -0.4 is 5.32 Å². The summed E-state index contributed by atoms with van der Waals surface area (Å²) in [6.07, 6.45) is 0.270. The fourth-order valence-corrected chi connectivity index (χ4v) is 2.21. The van der Waals surface area contributed by atoms with Crippen LogP contribution in [0.2, 0.25) is 0 Å². The quantitative estimate of drug-likeness (QED) is 0.743. The Hall–Kier alpha value is -3.02. The van der Waals surface area contributed by atoms with Crippen LogP contribution in [0.4, 0.5) is 19.4 Å². The Morgan fingerprint density at radius 1 is 1.05 bits per heavy atom. The number of nitrogens with one attached hydrogen (secondary N) is 1. The van der Waals surface area contributed by atoms with Gasteiger partial charge in [0.1, 0.15) is 17.5 Å². The molecule has 0 aliphatic heterocycles. The van der Waals surface area contributed by atoms with Crippen molar-refractivity contribution in [3.63, 3.8) is 0 Å². The molecule has 6 heteroatoms. The topological polar surface area (TPSA) is 62.2 Å². The van der Waals surface area contributed by atoms with Crippen LogP contribution >= 0.6 is 0 Å². The van der Waals surface area contributed by atoms with E-state index in [1.807, 2.05) is 0 Å². The molecule has 0 saturated carbocycles. The number of halogens is 2. The summed E-state index contributed by atoms with van der Waals surface area (Å²) < 4.78 is 27.1. The second-order valence-electron chi connectivity index (χ2n) is 4.69. The predicted octanol–water partition coefficient (Wildman–Crippen LogP) is 4.27. The van der Waals surface area contributed by atoms with Crippen LogP contribution in [0.25, 0.3) is 21.9 Å². The summed E-state index contributed by atoms with van der Waals surface area (Å²) in [5, 5.41) is 12.2. The van der Waals surface area contributed by atoms with Gasteiger partial charge in [-0.05, 0) is 41.3 Å². The molecule has 0 saturated heterocycles. The van der Waals surface area contributed by atoms with Crippen molar-refractivity contribution >= 4 is 22.7 Å². The highest BCUT2D eigenvalue weighted by Gasteiger charge is 2.08. The first-order valence-corrected chi connectivity index (χ1v) is 6.38. The number of pyridine rings is 1. The van der Waals surface area contributed by atoms with Crippen molar-refractivity contribution in [2.45, 2.75) is 0 Å². The summed E-state index contributed by atoms with van der Waals surface area (Å²) in [5.41, 5.74) is 0.680. The van der Waals surface area contributed by atoms with E-state index in [9.17, 15) is 13.6 Å². The van der Waals surface area contributed by atoms with Gasteiger partial charge in [0.05, 0.1) is 0 Å². The van der Waals surface area contributed by atoms with E-state index in [4.69, 9.17) is 5.11 Å². The maximum absolute atomic E-state index is 13.8. The number of aromatic nitrogens is 1. The van der Waals surface area contributed by atoms with Crippen LogP contribution in [0.5, 0.6) is 0 Å². The fraction of sp³-hybridized carbons (Fsp3) is 0. The molecule has 0 aliphatic rings. The van der Waals surface area contributed by atoms with Gasteiger partial charge in [0, 0.05) is 17.1 Å². The molecule has 3 rings (SSSR count). The van der Waals surface area contributed by atoms with Gasteiger partial charge in [-0.3, -0.25) is 5.32 Å². The number of carboxylic acid groups (broad SMARTS) is 1. The summed E-state index contributed by atoms with van der Waals surface area (Å²) in [4.78, 5) is 14.5. The molecule has 2 aromatic carbocycles. The van der Waals surface area contributed by atoms with Gasteiger partial charge in [-0.25, -0.2) is 18.6 Å². The molecule has 1 amide bonds. The van der Waals surface area contributed by atoms with Gasteiger partial charge in [0.15, 0.2) is 0 Å². The van der Waals surface area contributed by atoms with Crippen LogP contribution in [-0.2, 0) is 0 Å². The molecule has 1 heterocycles. The first-order valence-electron chi connectivity index (χ1n) is 6.38. The SMILES string of the molecule is O=C(O)Nc1cc2ccc(-c3cc(F)ccc3F)cc2cn1. The number of amides is 1. The zero-order valence-corrected chi connectivity index (χ0v) is 11.2. The Balaban J connectivity index is 2.06. The average molecular weight is 300 g/mol. The van der Waals surface area contributed by atoms with Crippen LogP contribution in [0, 0.1) is 11.6 Å². The summed E-state index contributed by atoms with van der Waals surface area (Å²) in [6.45, 7) is 0. The molecular weight excluding hydrogens is 290 g/mol. The molecule has 0 radical (unpaired) electrons. The lowest BCUT2D eigenvalue weighted by atomic mass is 10.0. The van der Waals surface area contributed by atoms with Crippen LogP contribution in [0.1, 0.15) is 0 Å². The molecule has 2 N–H and O–H groups in total. The van der Waals surface area contributed by atoms with Gasteiger partial charge < -0.3 is 5.11 Å². The van der Waals surface area contributed by atoms with E-state index >= 15 is 0 Å². The third-order valence-electron chi connectivity index (χ3n) is 3.20. The van der Waals surface area contributed by atoms with E-state index < -0.39 is 17.7 Å². The largest absolute Gasteiger partial charge is 0.465 e. The second-order valence-corrected chi connectivity index (χ2v) is 4.69. The first kappa shape index (κ1) is 13.9. The minimum absolute atomic E-state index is 0.162. The fourth-order valence-electron chi connectivity index (χ4n) is 2.21. The van der Waals surface area contributed by atoms with E-state index in [2.05, 4.69) is 10.3 Å². The standard InChI is InChI=1S/C16H10F2N2O2/c17-12-3-4-14(18)13(7-12)10-2-1-9-6-15(20-16(21)22)19-8-11(9)5-10/h1-8H,(H,19,20)(H,21,22). The third-order valence-corrected chi connectivity index (χ3v) is 3.20. The smallest absolute Gasteiger partial charge is 0.410 e. The molecular formula is C16H10F2N2O2. The Morgan fingerprint density at radius 3 is 2.64 bits per heavy atom. The van der Waals surface area contributed by atoms with Crippen molar-refractivity contribution < 1.29 is 18.7 Å². The minimum atomic E-state index is -1.20. The highest BCUT2D eigenvalue weighted by Crippen LogP contribution is 2.27. The Bertz CT molecular complexity index is 881. The van der Waals surface area contributed by atoms with E-state index in [0.29, 0.717) is 10.9 Å². The van der Waals surface area contributed by atoms with E-state index in [-0.39, 0.29) is 11.4 Å². The molecule has 1 aromatic heterocycles. The molecule has 3 aromatic rings. The number of hydrogen-bond acceptors (Lipinski definition) is 2. The zero-order chi connectivity index (χ0) is 15.7. The van der Waals surface area contributed by atoms with Crippen LogP contribution in [0.15, 0.2) is 48.7 Å². The molecule has 0 aliphatic carbocycles. The number of hydrogen-bond donors (Lipinski definition) is 2. The summed E-state index contributed by atoms with van der Waals surface area (Å²) in [5.74, 6) is -0.835. The highest BCUT2D eigenvalue weighted by molar-refractivity contribution is 5.91. The number of carbonyl (C=O) groups is 1. The number of nitrogens with zero attached hydrogens (tertiary/aromatic N) is 1. The van der Waals surface area contributed by atoms with Gasteiger partial charge in [-0.1, -0.05) is 12.1 Å². The van der Waals surface area contributed by atoms with Crippen molar-refractivity contribution in [1.29, 1.82) is 0 Å². The van der Waals surface area contributed by atoms with Gasteiger partial charge in [-0.2, -0.15) is 0 Å². The van der Waals surface area contributed by atoms with E-state index in [0.717, 1.165) is 23.6 Å². The maximum atomic E-state index is 13.8. The number of rotatable bonds is 2. The Morgan fingerprint density at radius 2 is 1.86 bits per heavy atom. The normalized spacial score (nSPS) is 10.6. The highest BCUT2D eigenvalue weighted by atomic mass is 19.1. The molecule has 110 valence electrons. The van der Waals surface area contributed by atoms with Crippen molar-refractivity contribution in [2.75, 3.05) is 5.32 Å². The summed E-state index contributed by atoms with van der Waals surface area (Å²) in [6, 6.07) is 9.84. The molecule has 0 bridgehead atoms. The average Bonchev–Trinajstić information content (AvgIpc) is 2.48. The second kappa shape index (κ2) is 5.40. The lowest BCUT2D eigenvalue weighted by molar-refractivity contribution is 0.209. The first-order chi connectivity index (χ1) is 10.5. The summed E-state index contributed by atoms with van der Waals surface area (Å²) >= 11 is 0. The van der Waals surface area contributed by atoms with Crippen molar-refractivity contribution in [1.82, 2.24) is 4.98 Å².